The summed E-state index contributed by atoms with van der Waals surface area (Å²) < 4.78 is 20.1. The van der Waals surface area contributed by atoms with Gasteiger partial charge in [-0.05, 0) is 42.3 Å². The van der Waals surface area contributed by atoms with Gasteiger partial charge in [0.1, 0.15) is 12.1 Å². The molecule has 0 spiro atoms. The van der Waals surface area contributed by atoms with Crippen LogP contribution in [-0.2, 0) is 6.42 Å². The molecule has 1 unspecified atom stereocenters. The third-order valence-corrected chi connectivity index (χ3v) is 3.87. The highest BCUT2D eigenvalue weighted by molar-refractivity contribution is 5.93. The van der Waals surface area contributed by atoms with Crippen LogP contribution in [0.15, 0.2) is 76.4 Å². The van der Waals surface area contributed by atoms with Crippen molar-refractivity contribution in [2.45, 2.75) is 12.5 Å². The van der Waals surface area contributed by atoms with Gasteiger partial charge in [0.15, 0.2) is 0 Å². The number of nitrogens with zero attached hydrogens (tertiary/aromatic N) is 1. The van der Waals surface area contributed by atoms with Gasteiger partial charge in [-0.25, -0.2) is 9.18 Å². The predicted octanol–water partition coefficient (Wildman–Crippen LogP) is 2.79. The summed E-state index contributed by atoms with van der Waals surface area (Å²) >= 11 is 0. The number of amides is 1. The number of carbonyl (C=O) groups is 1. The number of nitrogens with one attached hydrogen (secondary N) is 1. The van der Waals surface area contributed by atoms with E-state index in [1.165, 1.54) is 24.3 Å². The molecule has 0 bridgehead atoms. The Kier molecular flexibility index (Phi) is 5.09. The van der Waals surface area contributed by atoms with Gasteiger partial charge in [-0.1, -0.05) is 12.1 Å². The second-order valence-corrected chi connectivity index (χ2v) is 5.67. The fraction of sp³-hybridized carbons (Fsp3) is 0.158. The molecule has 0 saturated carbocycles. The Morgan fingerprint density at radius 3 is 2.64 bits per heavy atom. The fourth-order valence-electron chi connectivity index (χ4n) is 2.61. The van der Waals surface area contributed by atoms with Gasteiger partial charge in [0.25, 0.3) is 5.91 Å². The number of rotatable bonds is 6. The third-order valence-electron chi connectivity index (χ3n) is 3.87. The summed E-state index contributed by atoms with van der Waals surface area (Å²) in [5, 5.41) is 2.83. The maximum Gasteiger partial charge on any atom is 0.335 e. The molecule has 2 heterocycles. The Morgan fingerprint density at radius 2 is 1.96 bits per heavy atom. The summed E-state index contributed by atoms with van der Waals surface area (Å²) in [5.41, 5.74) is 0.614. The largest absolute Gasteiger partial charge is 0.430 e. The Morgan fingerprint density at radius 1 is 1.16 bits per heavy atom. The molecule has 6 heteroatoms. The van der Waals surface area contributed by atoms with Crippen LogP contribution in [0.25, 0.3) is 0 Å². The monoisotopic (exact) mass is 340 g/mol. The van der Waals surface area contributed by atoms with E-state index < -0.39 is 5.63 Å². The lowest BCUT2D eigenvalue weighted by Gasteiger charge is -2.20. The van der Waals surface area contributed by atoms with E-state index in [1.54, 1.807) is 6.07 Å². The fourth-order valence-corrected chi connectivity index (χ4v) is 2.61. The summed E-state index contributed by atoms with van der Waals surface area (Å²) in [5.74, 6) is -0.618. The molecular formula is C19H17FN2O3. The van der Waals surface area contributed by atoms with E-state index in [4.69, 9.17) is 4.42 Å². The molecule has 0 saturated heterocycles. The Labute approximate surface area is 143 Å². The molecular weight excluding hydrogens is 323 g/mol. The first-order chi connectivity index (χ1) is 12.1. The number of hydrogen-bond donors (Lipinski definition) is 1. The summed E-state index contributed by atoms with van der Waals surface area (Å²) in [6.45, 7) is 0.350. The molecule has 128 valence electrons. The lowest BCUT2D eigenvalue weighted by molar-refractivity contribution is 0.0945. The molecule has 1 atom stereocenters. The minimum atomic E-state index is -0.507. The van der Waals surface area contributed by atoms with Crippen molar-refractivity contribution in [1.29, 1.82) is 0 Å². The number of halogens is 1. The maximum absolute atomic E-state index is 13.4. The van der Waals surface area contributed by atoms with Gasteiger partial charge in [-0.3, -0.25) is 4.79 Å². The first kappa shape index (κ1) is 16.7. The summed E-state index contributed by atoms with van der Waals surface area (Å²) in [7, 11) is 0. The van der Waals surface area contributed by atoms with Crippen LogP contribution in [0.3, 0.4) is 0 Å². The average molecular weight is 340 g/mol. The zero-order chi connectivity index (χ0) is 17.6. The van der Waals surface area contributed by atoms with Crippen molar-refractivity contribution in [2.24, 2.45) is 0 Å². The van der Waals surface area contributed by atoms with Crippen LogP contribution in [0.1, 0.15) is 22.0 Å². The van der Waals surface area contributed by atoms with E-state index in [2.05, 4.69) is 5.32 Å². The topological polar surface area (TPSA) is 64.2 Å². The number of carbonyl (C=O) groups excluding carboxylic acids is 1. The molecule has 0 aliphatic carbocycles. The standard InChI is InChI=1S/C19H17FN2O3/c20-16-5-3-4-14(10-16)11-17(22-8-1-2-9-22)12-21-19(24)15-6-7-18(23)25-13-15/h1-10,13,17H,11-12H2,(H,21,24). The van der Waals surface area contributed by atoms with Gasteiger partial charge in [-0.15, -0.1) is 0 Å². The molecule has 1 N–H and O–H groups in total. The quantitative estimate of drug-likeness (QED) is 0.750. The van der Waals surface area contributed by atoms with Gasteiger partial charge in [0.05, 0.1) is 11.6 Å². The number of benzene rings is 1. The molecule has 1 aromatic carbocycles. The van der Waals surface area contributed by atoms with Crippen molar-refractivity contribution in [1.82, 2.24) is 9.88 Å². The molecule has 3 rings (SSSR count). The summed E-state index contributed by atoms with van der Waals surface area (Å²) in [4.78, 5) is 23.2. The zero-order valence-corrected chi connectivity index (χ0v) is 13.4. The number of hydrogen-bond acceptors (Lipinski definition) is 3. The predicted molar refractivity (Wildman–Crippen MR) is 90.9 cm³/mol. The molecule has 3 aromatic rings. The van der Waals surface area contributed by atoms with E-state index in [0.29, 0.717) is 13.0 Å². The second kappa shape index (κ2) is 7.61. The lowest BCUT2D eigenvalue weighted by Crippen LogP contribution is -2.31. The number of aromatic nitrogens is 1. The van der Waals surface area contributed by atoms with Crippen molar-refractivity contribution in [3.05, 3.63) is 94.6 Å². The van der Waals surface area contributed by atoms with Gasteiger partial charge in [0.2, 0.25) is 0 Å². The van der Waals surface area contributed by atoms with Crippen LogP contribution in [0.5, 0.6) is 0 Å². The van der Waals surface area contributed by atoms with Crippen molar-refractivity contribution < 1.29 is 13.6 Å². The van der Waals surface area contributed by atoms with Crippen molar-refractivity contribution in [3.63, 3.8) is 0 Å². The first-order valence-electron chi connectivity index (χ1n) is 7.86. The van der Waals surface area contributed by atoms with Crippen molar-refractivity contribution in [3.8, 4) is 0 Å². The van der Waals surface area contributed by atoms with Gasteiger partial charge >= 0.3 is 5.63 Å². The highest BCUT2D eigenvalue weighted by Gasteiger charge is 2.14. The maximum atomic E-state index is 13.4. The molecule has 25 heavy (non-hydrogen) atoms. The van der Waals surface area contributed by atoms with Crippen molar-refractivity contribution in [2.75, 3.05) is 6.54 Å². The average Bonchev–Trinajstić information content (AvgIpc) is 3.13. The minimum absolute atomic E-state index is 0.0727. The first-order valence-corrected chi connectivity index (χ1v) is 7.86. The molecule has 0 aliphatic heterocycles. The molecule has 0 aliphatic rings. The van der Waals surface area contributed by atoms with Crippen LogP contribution < -0.4 is 10.9 Å². The smallest absolute Gasteiger partial charge is 0.335 e. The van der Waals surface area contributed by atoms with Crippen LogP contribution in [0, 0.1) is 5.82 Å². The van der Waals surface area contributed by atoms with Crippen LogP contribution >= 0.6 is 0 Å². The highest BCUT2D eigenvalue weighted by atomic mass is 19.1. The molecule has 0 fully saturated rings. The molecule has 1 amide bonds. The van der Waals surface area contributed by atoms with Crippen molar-refractivity contribution >= 4 is 5.91 Å². The van der Waals surface area contributed by atoms with Crippen LogP contribution in [0.2, 0.25) is 0 Å². The normalized spacial score (nSPS) is 11.9. The van der Waals surface area contributed by atoms with Gasteiger partial charge in [0, 0.05) is 25.0 Å². The minimum Gasteiger partial charge on any atom is -0.430 e. The SMILES string of the molecule is O=C(NCC(Cc1cccc(F)c1)n1cccc1)c1ccc(=O)oc1. The molecule has 2 aromatic heterocycles. The summed E-state index contributed by atoms with van der Waals surface area (Å²) in [6.07, 6.45) is 5.50. The third kappa shape index (κ3) is 4.44. The molecule has 5 nitrogen and oxygen atoms in total. The van der Waals surface area contributed by atoms with Gasteiger partial charge < -0.3 is 14.3 Å². The zero-order valence-electron chi connectivity index (χ0n) is 13.4. The summed E-state index contributed by atoms with van der Waals surface area (Å²) in [6, 6.07) is 12.7. The van der Waals surface area contributed by atoms with E-state index in [9.17, 15) is 14.0 Å². The van der Waals surface area contributed by atoms with E-state index in [-0.39, 0.29) is 23.3 Å². The molecule has 0 radical (unpaired) electrons. The van der Waals surface area contributed by atoms with Crippen LogP contribution in [0.4, 0.5) is 4.39 Å². The Hall–Kier alpha value is -3.15. The highest BCUT2D eigenvalue weighted by Crippen LogP contribution is 2.15. The Balaban J connectivity index is 1.71. The lowest BCUT2D eigenvalue weighted by atomic mass is 10.1. The van der Waals surface area contributed by atoms with Gasteiger partial charge in [-0.2, -0.15) is 0 Å². The Bertz CT molecular complexity index is 883. The van der Waals surface area contributed by atoms with E-state index >= 15 is 0 Å². The van der Waals surface area contributed by atoms with E-state index in [0.717, 1.165) is 11.8 Å². The van der Waals surface area contributed by atoms with E-state index in [1.807, 2.05) is 35.2 Å². The second-order valence-electron chi connectivity index (χ2n) is 5.67. The van der Waals surface area contributed by atoms with Crippen LogP contribution in [-0.4, -0.2) is 17.0 Å².